The number of anilines is 2. The van der Waals surface area contributed by atoms with Crippen molar-refractivity contribution >= 4 is 11.6 Å². The van der Waals surface area contributed by atoms with E-state index in [0.29, 0.717) is 17.7 Å². The summed E-state index contributed by atoms with van der Waals surface area (Å²) in [5.41, 5.74) is 3.54. The smallest absolute Gasteiger partial charge is 0.148 e. The molecule has 1 aromatic heterocycles. The molecule has 6 heteroatoms. The molecule has 1 aromatic rings. The van der Waals surface area contributed by atoms with Gasteiger partial charge in [0.25, 0.3) is 0 Å². The van der Waals surface area contributed by atoms with Crippen LogP contribution >= 0.6 is 0 Å². The molecule has 0 saturated carbocycles. The van der Waals surface area contributed by atoms with E-state index in [4.69, 9.17) is 10.6 Å². The van der Waals surface area contributed by atoms with Gasteiger partial charge in [-0.15, -0.1) is 0 Å². The summed E-state index contributed by atoms with van der Waals surface area (Å²) in [5, 5.41) is 3.35. The molecule has 0 bridgehead atoms. The van der Waals surface area contributed by atoms with Crippen LogP contribution in [0.2, 0.25) is 0 Å². The van der Waals surface area contributed by atoms with Gasteiger partial charge in [-0.25, -0.2) is 15.8 Å². The average molecular weight is 265 g/mol. The van der Waals surface area contributed by atoms with E-state index in [1.54, 1.807) is 0 Å². The Bertz CT molecular complexity index is 418. The Labute approximate surface area is 114 Å². The summed E-state index contributed by atoms with van der Waals surface area (Å²) in [5.74, 6) is 7.66. The third-order valence-electron chi connectivity index (χ3n) is 3.43. The van der Waals surface area contributed by atoms with Crippen LogP contribution in [0.4, 0.5) is 11.6 Å². The molecule has 0 amide bonds. The highest BCUT2D eigenvalue weighted by Gasteiger charge is 2.14. The van der Waals surface area contributed by atoms with Crippen molar-refractivity contribution in [1.82, 2.24) is 9.97 Å². The highest BCUT2D eigenvalue weighted by molar-refractivity contribution is 5.56. The Morgan fingerprint density at radius 1 is 1.26 bits per heavy atom. The Hall–Kier alpha value is -1.40. The van der Waals surface area contributed by atoms with Crippen molar-refractivity contribution < 1.29 is 4.74 Å². The Morgan fingerprint density at radius 3 is 2.74 bits per heavy atom. The number of aromatic nitrogens is 2. The van der Waals surface area contributed by atoms with E-state index in [2.05, 4.69) is 20.7 Å². The minimum atomic E-state index is 0.386. The molecule has 1 aliphatic heterocycles. The van der Waals surface area contributed by atoms with Gasteiger partial charge in [-0.05, 0) is 39.5 Å². The molecular weight excluding hydrogens is 242 g/mol. The van der Waals surface area contributed by atoms with Crippen molar-refractivity contribution in [2.24, 2.45) is 5.84 Å². The Kier molecular flexibility index (Phi) is 4.93. The van der Waals surface area contributed by atoms with Gasteiger partial charge in [0, 0.05) is 18.7 Å². The molecule has 1 saturated heterocycles. The normalized spacial score (nSPS) is 19.2. The van der Waals surface area contributed by atoms with Crippen LogP contribution in [0, 0.1) is 13.8 Å². The summed E-state index contributed by atoms with van der Waals surface area (Å²) >= 11 is 0. The van der Waals surface area contributed by atoms with Crippen LogP contribution in [0.1, 0.15) is 37.1 Å². The molecule has 1 fully saturated rings. The minimum Gasteiger partial charge on any atom is -0.378 e. The molecule has 1 atom stereocenters. The fourth-order valence-corrected chi connectivity index (χ4v) is 2.33. The number of rotatable bonds is 5. The first-order chi connectivity index (χ1) is 9.20. The third-order valence-corrected chi connectivity index (χ3v) is 3.43. The lowest BCUT2D eigenvalue weighted by Crippen LogP contribution is -2.22. The van der Waals surface area contributed by atoms with Gasteiger partial charge in [-0.3, -0.25) is 0 Å². The van der Waals surface area contributed by atoms with Crippen LogP contribution in [0.15, 0.2) is 0 Å². The predicted octanol–water partition coefficient (Wildman–Crippen LogP) is 1.75. The second kappa shape index (κ2) is 6.68. The van der Waals surface area contributed by atoms with Crippen molar-refractivity contribution in [3.05, 3.63) is 11.4 Å². The SMILES string of the molecule is Cc1nc(NN)c(C)c(NCCC2CCCCO2)n1. The van der Waals surface area contributed by atoms with Gasteiger partial charge in [-0.2, -0.15) is 0 Å². The number of hydrogen-bond acceptors (Lipinski definition) is 6. The van der Waals surface area contributed by atoms with Crippen molar-refractivity contribution in [2.75, 3.05) is 23.9 Å². The van der Waals surface area contributed by atoms with Crippen LogP contribution in [0.25, 0.3) is 0 Å². The number of hydrazine groups is 1. The number of nitrogens with two attached hydrogens (primary N) is 1. The first-order valence-electron chi connectivity index (χ1n) is 6.88. The lowest BCUT2D eigenvalue weighted by atomic mass is 10.1. The molecule has 0 radical (unpaired) electrons. The van der Waals surface area contributed by atoms with E-state index >= 15 is 0 Å². The lowest BCUT2D eigenvalue weighted by Gasteiger charge is -2.22. The number of nitrogen functional groups attached to an aromatic ring is 1. The van der Waals surface area contributed by atoms with Gasteiger partial charge in [0.15, 0.2) is 0 Å². The molecule has 0 aliphatic carbocycles. The summed E-state index contributed by atoms with van der Waals surface area (Å²) in [6.45, 7) is 5.56. The fraction of sp³-hybridized carbons (Fsp3) is 0.692. The number of nitrogens with one attached hydrogen (secondary N) is 2. The van der Waals surface area contributed by atoms with Gasteiger partial charge < -0.3 is 15.5 Å². The van der Waals surface area contributed by atoms with Gasteiger partial charge in [-0.1, -0.05) is 0 Å². The highest BCUT2D eigenvalue weighted by Crippen LogP contribution is 2.20. The molecule has 2 heterocycles. The molecule has 1 aliphatic rings. The maximum atomic E-state index is 5.71. The zero-order valence-electron chi connectivity index (χ0n) is 11.7. The van der Waals surface area contributed by atoms with Crippen LogP contribution in [-0.4, -0.2) is 29.2 Å². The van der Waals surface area contributed by atoms with E-state index < -0.39 is 0 Å². The average Bonchev–Trinajstić information content (AvgIpc) is 2.43. The maximum absolute atomic E-state index is 5.71. The summed E-state index contributed by atoms with van der Waals surface area (Å²) in [7, 11) is 0. The van der Waals surface area contributed by atoms with Crippen molar-refractivity contribution in [3.8, 4) is 0 Å². The van der Waals surface area contributed by atoms with Gasteiger partial charge in [0.05, 0.1) is 6.10 Å². The number of hydrogen-bond donors (Lipinski definition) is 3. The lowest BCUT2D eigenvalue weighted by molar-refractivity contribution is 0.0134. The van der Waals surface area contributed by atoms with E-state index in [-0.39, 0.29) is 0 Å². The second-order valence-corrected chi connectivity index (χ2v) is 4.94. The molecule has 2 rings (SSSR count). The van der Waals surface area contributed by atoms with Gasteiger partial charge in [0.2, 0.25) is 0 Å². The monoisotopic (exact) mass is 265 g/mol. The van der Waals surface area contributed by atoms with Crippen LogP contribution in [0.3, 0.4) is 0 Å². The number of ether oxygens (including phenoxy) is 1. The Balaban J connectivity index is 1.89. The van der Waals surface area contributed by atoms with Gasteiger partial charge in [0.1, 0.15) is 17.5 Å². The fourth-order valence-electron chi connectivity index (χ4n) is 2.33. The molecule has 106 valence electrons. The Morgan fingerprint density at radius 2 is 2.05 bits per heavy atom. The van der Waals surface area contributed by atoms with Crippen LogP contribution in [-0.2, 0) is 4.74 Å². The molecule has 0 aromatic carbocycles. The molecule has 6 nitrogen and oxygen atoms in total. The quantitative estimate of drug-likeness (QED) is 0.555. The largest absolute Gasteiger partial charge is 0.378 e. The summed E-state index contributed by atoms with van der Waals surface area (Å²) in [6.07, 6.45) is 5.03. The summed E-state index contributed by atoms with van der Waals surface area (Å²) in [6, 6.07) is 0. The zero-order chi connectivity index (χ0) is 13.7. The standard InChI is InChI=1S/C13H23N5O/c1-9-12(16-10(2)17-13(9)18-14)15-7-6-11-5-3-4-8-19-11/h11H,3-8,14H2,1-2H3,(H2,15,16,17,18). The van der Waals surface area contributed by atoms with E-state index in [9.17, 15) is 0 Å². The van der Waals surface area contributed by atoms with E-state index in [1.807, 2.05) is 13.8 Å². The number of aryl methyl sites for hydroxylation is 1. The first-order valence-corrected chi connectivity index (χ1v) is 6.88. The molecule has 4 N–H and O–H groups in total. The van der Waals surface area contributed by atoms with Crippen LogP contribution < -0.4 is 16.6 Å². The van der Waals surface area contributed by atoms with Crippen molar-refractivity contribution in [1.29, 1.82) is 0 Å². The second-order valence-electron chi connectivity index (χ2n) is 4.94. The van der Waals surface area contributed by atoms with E-state index in [0.717, 1.165) is 31.0 Å². The highest BCUT2D eigenvalue weighted by atomic mass is 16.5. The molecule has 19 heavy (non-hydrogen) atoms. The predicted molar refractivity (Wildman–Crippen MR) is 76.0 cm³/mol. The third kappa shape index (κ3) is 3.78. The van der Waals surface area contributed by atoms with Crippen LogP contribution in [0.5, 0.6) is 0 Å². The molecule has 0 spiro atoms. The number of nitrogens with zero attached hydrogens (tertiary/aromatic N) is 2. The summed E-state index contributed by atoms with van der Waals surface area (Å²) in [4.78, 5) is 8.64. The molecule has 1 unspecified atom stereocenters. The maximum Gasteiger partial charge on any atom is 0.148 e. The molecular formula is C13H23N5O. The summed E-state index contributed by atoms with van der Waals surface area (Å²) < 4.78 is 5.71. The zero-order valence-corrected chi connectivity index (χ0v) is 11.7. The van der Waals surface area contributed by atoms with Gasteiger partial charge >= 0.3 is 0 Å². The minimum absolute atomic E-state index is 0.386. The van der Waals surface area contributed by atoms with Crippen molar-refractivity contribution in [3.63, 3.8) is 0 Å². The topological polar surface area (TPSA) is 85.1 Å². The van der Waals surface area contributed by atoms with E-state index in [1.165, 1.54) is 19.3 Å². The van der Waals surface area contributed by atoms with Crippen molar-refractivity contribution in [2.45, 2.75) is 45.6 Å². The first kappa shape index (κ1) is 14.0.